The van der Waals surface area contributed by atoms with Gasteiger partial charge in [0.25, 0.3) is 0 Å². The molecular formula is C31H39NO7. The first kappa shape index (κ1) is 27.3. The summed E-state index contributed by atoms with van der Waals surface area (Å²) in [5.41, 5.74) is 0.910. The van der Waals surface area contributed by atoms with E-state index >= 15 is 0 Å². The van der Waals surface area contributed by atoms with Crippen molar-refractivity contribution in [1.29, 1.82) is 0 Å². The summed E-state index contributed by atoms with van der Waals surface area (Å²) in [6.07, 6.45) is 8.73. The highest BCUT2D eigenvalue weighted by molar-refractivity contribution is 5.92. The van der Waals surface area contributed by atoms with E-state index in [0.29, 0.717) is 41.7 Å². The van der Waals surface area contributed by atoms with Crippen LogP contribution >= 0.6 is 0 Å². The molecule has 0 bridgehead atoms. The summed E-state index contributed by atoms with van der Waals surface area (Å²) >= 11 is 0. The lowest BCUT2D eigenvalue weighted by Gasteiger charge is -2.58. The van der Waals surface area contributed by atoms with Crippen LogP contribution in [0.1, 0.15) is 52.9 Å². The van der Waals surface area contributed by atoms with Crippen LogP contribution in [0, 0.1) is 34.5 Å². The number of fused-ring (bicyclic) bond motifs is 5. The Morgan fingerprint density at radius 3 is 2.33 bits per heavy atom. The average molecular weight is 538 g/mol. The van der Waals surface area contributed by atoms with E-state index in [0.717, 1.165) is 24.8 Å². The zero-order chi connectivity index (χ0) is 28.1. The highest BCUT2D eigenvalue weighted by Crippen LogP contribution is 2.65. The molecule has 0 heterocycles. The van der Waals surface area contributed by atoms with Crippen molar-refractivity contribution in [2.45, 2.75) is 59.0 Å². The van der Waals surface area contributed by atoms with Gasteiger partial charge < -0.3 is 18.9 Å². The number of methoxy groups -OCH3 is 3. The number of carbonyl (C=O) groups is 3. The van der Waals surface area contributed by atoms with Crippen LogP contribution in [0.2, 0.25) is 0 Å². The van der Waals surface area contributed by atoms with Crippen molar-refractivity contribution in [2.75, 3.05) is 26.6 Å². The van der Waals surface area contributed by atoms with Crippen LogP contribution in [0.3, 0.4) is 0 Å². The van der Waals surface area contributed by atoms with Gasteiger partial charge in [0.2, 0.25) is 5.75 Å². The van der Waals surface area contributed by atoms with Gasteiger partial charge in [-0.25, -0.2) is 4.79 Å². The van der Waals surface area contributed by atoms with Crippen molar-refractivity contribution in [3.8, 4) is 17.2 Å². The Labute approximate surface area is 230 Å². The van der Waals surface area contributed by atoms with Crippen LogP contribution in [0.4, 0.5) is 10.5 Å². The van der Waals surface area contributed by atoms with Gasteiger partial charge in [-0.2, -0.15) is 0 Å². The maximum absolute atomic E-state index is 13.4. The molecule has 0 radical (unpaired) electrons. The van der Waals surface area contributed by atoms with Gasteiger partial charge in [-0.3, -0.25) is 14.9 Å². The minimum absolute atomic E-state index is 0.0105. The highest BCUT2D eigenvalue weighted by Gasteiger charge is 2.63. The summed E-state index contributed by atoms with van der Waals surface area (Å²) in [7, 11) is 4.55. The molecule has 8 heteroatoms. The van der Waals surface area contributed by atoms with Gasteiger partial charge in [0, 0.05) is 30.4 Å². The molecule has 39 heavy (non-hydrogen) atoms. The maximum Gasteiger partial charge on any atom is 0.411 e. The second-order valence-electron chi connectivity index (χ2n) is 12.0. The number of amides is 1. The molecule has 1 aromatic carbocycles. The van der Waals surface area contributed by atoms with E-state index in [-0.39, 0.29) is 40.2 Å². The molecule has 1 aromatic rings. The van der Waals surface area contributed by atoms with E-state index in [1.165, 1.54) is 21.3 Å². The third kappa shape index (κ3) is 4.42. The third-order valence-electron chi connectivity index (χ3n) is 10.1. The highest BCUT2D eigenvalue weighted by atomic mass is 16.6. The number of anilines is 1. The number of ketones is 2. The van der Waals surface area contributed by atoms with Crippen LogP contribution < -0.4 is 19.5 Å². The lowest BCUT2D eigenvalue weighted by molar-refractivity contribution is -0.134. The van der Waals surface area contributed by atoms with Gasteiger partial charge in [0.05, 0.1) is 27.0 Å². The molecule has 5 rings (SSSR count). The molecule has 1 N–H and O–H groups in total. The third-order valence-corrected chi connectivity index (χ3v) is 10.1. The first-order valence-corrected chi connectivity index (χ1v) is 13.8. The smallest absolute Gasteiger partial charge is 0.411 e. The number of hydrogen-bond acceptors (Lipinski definition) is 7. The summed E-state index contributed by atoms with van der Waals surface area (Å²) in [4.78, 5) is 38.5. The summed E-state index contributed by atoms with van der Waals surface area (Å²) in [6.45, 7) is 6.09. The molecule has 0 spiro atoms. The Kier molecular flexibility index (Phi) is 7.02. The van der Waals surface area contributed by atoms with Gasteiger partial charge in [-0.1, -0.05) is 26.0 Å². The lowest BCUT2D eigenvalue weighted by Crippen LogP contribution is -2.57. The number of nitrogens with one attached hydrogen (secondary N) is 1. The largest absolute Gasteiger partial charge is 0.493 e. The Morgan fingerprint density at radius 2 is 1.72 bits per heavy atom. The van der Waals surface area contributed by atoms with E-state index in [9.17, 15) is 14.4 Å². The fourth-order valence-corrected chi connectivity index (χ4v) is 8.31. The van der Waals surface area contributed by atoms with Crippen molar-refractivity contribution in [1.82, 2.24) is 0 Å². The number of rotatable bonds is 6. The van der Waals surface area contributed by atoms with Crippen LogP contribution in [0.15, 0.2) is 35.9 Å². The van der Waals surface area contributed by atoms with E-state index in [1.807, 2.05) is 0 Å². The van der Waals surface area contributed by atoms with Crippen molar-refractivity contribution in [3.63, 3.8) is 0 Å². The quantitative estimate of drug-likeness (QED) is 0.493. The maximum atomic E-state index is 13.4. The molecule has 4 aliphatic rings. The van der Waals surface area contributed by atoms with Gasteiger partial charge in [0.1, 0.15) is 11.9 Å². The van der Waals surface area contributed by atoms with Crippen molar-refractivity contribution in [2.24, 2.45) is 34.5 Å². The number of carbonyl (C=O) groups excluding carboxylic acids is 3. The summed E-state index contributed by atoms with van der Waals surface area (Å²) in [6, 6.07) is 3.31. The Morgan fingerprint density at radius 1 is 1.03 bits per heavy atom. The molecule has 8 nitrogen and oxygen atoms in total. The molecule has 1 amide bonds. The van der Waals surface area contributed by atoms with E-state index in [2.05, 4.69) is 31.3 Å². The number of allylic oxidation sites excluding steroid dienone is 4. The minimum atomic E-state index is -0.581. The van der Waals surface area contributed by atoms with Gasteiger partial charge in [0.15, 0.2) is 17.3 Å². The normalized spacial score (nSPS) is 34.7. The summed E-state index contributed by atoms with van der Waals surface area (Å²) in [5.74, 6) is 2.04. The fraction of sp³-hybridized carbons (Fsp3) is 0.581. The number of ether oxygens (including phenoxy) is 4. The van der Waals surface area contributed by atoms with E-state index in [1.54, 1.807) is 25.1 Å². The topological polar surface area (TPSA) is 100 Å². The zero-order valence-corrected chi connectivity index (χ0v) is 23.7. The van der Waals surface area contributed by atoms with Gasteiger partial charge in [-0.15, -0.1) is 0 Å². The molecule has 0 saturated heterocycles. The molecule has 2 fully saturated rings. The Bertz CT molecular complexity index is 1230. The van der Waals surface area contributed by atoms with E-state index < -0.39 is 12.2 Å². The molecule has 210 valence electrons. The predicted octanol–water partition coefficient (Wildman–Crippen LogP) is 5.75. The number of benzene rings is 1. The molecular weight excluding hydrogens is 498 g/mol. The van der Waals surface area contributed by atoms with Crippen molar-refractivity contribution in [3.05, 3.63) is 35.9 Å². The Balaban J connectivity index is 1.49. The van der Waals surface area contributed by atoms with Crippen LogP contribution in [0.5, 0.6) is 17.2 Å². The van der Waals surface area contributed by atoms with Crippen LogP contribution in [-0.4, -0.2) is 45.1 Å². The second kappa shape index (κ2) is 10.0. The predicted molar refractivity (Wildman–Crippen MR) is 146 cm³/mol. The molecule has 4 aliphatic carbocycles. The van der Waals surface area contributed by atoms with Gasteiger partial charge in [-0.05, 0) is 66.9 Å². The standard InChI is InChI=1S/C31H39NO7/c1-17(33)22-9-10-23-21-8-7-18-13-20(34)11-12-30(18,2)27(21)26(16-31(22,23)3)39-29(35)32-19-14-24(36-4)28(38-6)25(15-19)37-5/h7-8,13-15,21-23,26-27H,9-12,16H2,1-6H3,(H,32,35)/t21-,22+,23-,26-,27-,30+,31+/m0/s1. The molecule has 0 aromatic heterocycles. The van der Waals surface area contributed by atoms with Crippen LogP contribution in [-0.2, 0) is 14.3 Å². The molecule has 0 aliphatic heterocycles. The van der Waals surface area contributed by atoms with E-state index in [4.69, 9.17) is 18.9 Å². The van der Waals surface area contributed by atoms with Gasteiger partial charge >= 0.3 is 6.09 Å². The lowest BCUT2D eigenvalue weighted by atomic mass is 9.47. The average Bonchev–Trinajstić information content (AvgIpc) is 3.25. The second-order valence-corrected chi connectivity index (χ2v) is 12.0. The fourth-order valence-electron chi connectivity index (χ4n) is 8.31. The minimum Gasteiger partial charge on any atom is -0.493 e. The zero-order valence-electron chi connectivity index (χ0n) is 23.7. The first-order valence-electron chi connectivity index (χ1n) is 13.8. The molecule has 7 atom stereocenters. The SMILES string of the molecule is COc1cc(NC(=O)O[C@H]2C[C@]3(C)[C@@H](C(C)=O)CC[C@H]3[C@@H]3C=CC4=CC(=O)CC[C@@]4(C)[C@@H]32)cc(OC)c1OC. The van der Waals surface area contributed by atoms with Crippen LogP contribution in [0.25, 0.3) is 0 Å². The molecule has 2 saturated carbocycles. The summed E-state index contributed by atoms with van der Waals surface area (Å²) < 4.78 is 22.5. The monoisotopic (exact) mass is 537 g/mol. The summed E-state index contributed by atoms with van der Waals surface area (Å²) in [5, 5.41) is 2.85. The Hall–Kier alpha value is -3.29. The van der Waals surface area contributed by atoms with Crippen molar-refractivity contribution < 1.29 is 33.3 Å². The first-order chi connectivity index (χ1) is 18.5. The number of hydrogen-bond donors (Lipinski definition) is 1. The molecule has 0 unspecified atom stereocenters. The number of Topliss-reactive ketones (excluding diaryl/α,β-unsaturated/α-hetero) is 1. The van der Waals surface area contributed by atoms with Crippen molar-refractivity contribution >= 4 is 23.3 Å².